The molecule has 0 radical (unpaired) electrons. The maximum atomic E-state index is 12.9. The van der Waals surface area contributed by atoms with Crippen molar-refractivity contribution in [2.45, 2.75) is 6.92 Å². The molecule has 0 atom stereocenters. The number of rotatable bonds is 5. The molecular formula is C23H27N7O. The highest BCUT2D eigenvalue weighted by atomic mass is 16.2. The number of carbonyl (C=O) groups is 1. The van der Waals surface area contributed by atoms with Gasteiger partial charge in [0.05, 0.1) is 0 Å². The summed E-state index contributed by atoms with van der Waals surface area (Å²) < 4.78 is 0. The fourth-order valence-corrected chi connectivity index (χ4v) is 3.56. The molecule has 0 spiro atoms. The zero-order valence-electron chi connectivity index (χ0n) is 18.1. The van der Waals surface area contributed by atoms with Gasteiger partial charge in [0.25, 0.3) is 5.91 Å². The third-order valence-corrected chi connectivity index (χ3v) is 5.32. The summed E-state index contributed by atoms with van der Waals surface area (Å²) in [5.74, 6) is 2.35. The molecule has 1 amide bonds. The number of nitrogens with one attached hydrogen (secondary N) is 1. The Hall–Kier alpha value is -3.68. The topological polar surface area (TPSA) is 77.5 Å². The lowest BCUT2D eigenvalue weighted by Crippen LogP contribution is -2.49. The van der Waals surface area contributed by atoms with Gasteiger partial charge in [0.1, 0.15) is 23.8 Å². The fourth-order valence-electron chi connectivity index (χ4n) is 3.56. The molecule has 3 aromatic rings. The maximum Gasteiger partial charge on any atom is 0.254 e. The molecule has 31 heavy (non-hydrogen) atoms. The standard InChI is InChI=1S/C23H27N7O/c1-17-7-8-24-20(13-17)27-21-15-22(26-16-25-21)29-9-11-30(12-10-29)23(31)18-5-4-6-19(14-18)28(2)3/h4-8,13-16H,9-12H2,1-3H3,(H,24,25,26,27). The quantitative estimate of drug-likeness (QED) is 0.684. The first-order chi connectivity index (χ1) is 15.0. The van der Waals surface area contributed by atoms with Crippen LogP contribution in [-0.4, -0.2) is 66.0 Å². The molecule has 3 heterocycles. The van der Waals surface area contributed by atoms with E-state index in [0.29, 0.717) is 18.9 Å². The minimum atomic E-state index is 0.0684. The van der Waals surface area contributed by atoms with Crippen molar-refractivity contribution in [1.82, 2.24) is 19.9 Å². The maximum absolute atomic E-state index is 12.9. The highest BCUT2D eigenvalue weighted by Gasteiger charge is 2.23. The van der Waals surface area contributed by atoms with Gasteiger partial charge in [0, 0.05) is 63.8 Å². The van der Waals surface area contributed by atoms with Gasteiger partial charge in [-0.05, 0) is 42.8 Å². The lowest BCUT2D eigenvalue weighted by Gasteiger charge is -2.35. The van der Waals surface area contributed by atoms with Crippen LogP contribution >= 0.6 is 0 Å². The van der Waals surface area contributed by atoms with Crippen LogP contribution in [0.2, 0.25) is 0 Å². The summed E-state index contributed by atoms with van der Waals surface area (Å²) in [6.45, 7) is 4.76. The highest BCUT2D eigenvalue weighted by molar-refractivity contribution is 5.95. The second-order valence-electron chi connectivity index (χ2n) is 7.83. The predicted molar refractivity (Wildman–Crippen MR) is 123 cm³/mol. The molecule has 2 aromatic heterocycles. The van der Waals surface area contributed by atoms with Crippen LogP contribution in [0.1, 0.15) is 15.9 Å². The number of amides is 1. The van der Waals surface area contributed by atoms with Gasteiger partial charge in [-0.25, -0.2) is 15.0 Å². The Morgan fingerprint density at radius 3 is 2.48 bits per heavy atom. The summed E-state index contributed by atoms with van der Waals surface area (Å²) in [7, 11) is 3.95. The normalized spacial score (nSPS) is 13.8. The van der Waals surface area contributed by atoms with Gasteiger partial charge in [-0.3, -0.25) is 4.79 Å². The molecule has 1 aliphatic rings. The van der Waals surface area contributed by atoms with Crippen molar-refractivity contribution in [3.63, 3.8) is 0 Å². The molecule has 0 bridgehead atoms. The Morgan fingerprint density at radius 1 is 0.968 bits per heavy atom. The molecule has 0 unspecified atom stereocenters. The van der Waals surface area contributed by atoms with Gasteiger partial charge in [0.15, 0.2) is 0 Å². The lowest BCUT2D eigenvalue weighted by atomic mass is 10.1. The van der Waals surface area contributed by atoms with E-state index in [2.05, 4.69) is 25.2 Å². The summed E-state index contributed by atoms with van der Waals surface area (Å²) in [6, 6.07) is 13.6. The number of carbonyl (C=O) groups excluding carboxylic acids is 1. The Kier molecular flexibility index (Phi) is 5.97. The Balaban J connectivity index is 1.40. The molecular weight excluding hydrogens is 390 g/mol. The zero-order valence-corrected chi connectivity index (χ0v) is 18.1. The van der Waals surface area contributed by atoms with Crippen molar-refractivity contribution in [2.24, 2.45) is 0 Å². The van der Waals surface area contributed by atoms with Crippen LogP contribution in [0.25, 0.3) is 0 Å². The van der Waals surface area contributed by atoms with E-state index in [0.717, 1.165) is 41.5 Å². The van der Waals surface area contributed by atoms with Gasteiger partial charge in [-0.2, -0.15) is 0 Å². The first-order valence-corrected chi connectivity index (χ1v) is 10.3. The molecule has 0 saturated carbocycles. The number of aryl methyl sites for hydroxylation is 1. The number of nitrogens with zero attached hydrogens (tertiary/aromatic N) is 6. The van der Waals surface area contributed by atoms with Crippen LogP contribution < -0.4 is 15.1 Å². The molecule has 1 fully saturated rings. The minimum absolute atomic E-state index is 0.0684. The third kappa shape index (κ3) is 4.91. The summed E-state index contributed by atoms with van der Waals surface area (Å²) >= 11 is 0. The van der Waals surface area contributed by atoms with Crippen LogP contribution in [0.5, 0.6) is 0 Å². The molecule has 4 rings (SSSR count). The molecule has 1 aliphatic heterocycles. The van der Waals surface area contributed by atoms with E-state index in [1.54, 1.807) is 12.5 Å². The van der Waals surface area contributed by atoms with Crippen molar-refractivity contribution in [3.8, 4) is 0 Å². The summed E-state index contributed by atoms with van der Waals surface area (Å²) in [4.78, 5) is 32.1. The average Bonchev–Trinajstić information content (AvgIpc) is 2.79. The number of anilines is 4. The van der Waals surface area contributed by atoms with Crippen LogP contribution in [0, 0.1) is 6.92 Å². The summed E-state index contributed by atoms with van der Waals surface area (Å²) in [5, 5.41) is 3.23. The fraction of sp³-hybridized carbons (Fsp3) is 0.304. The summed E-state index contributed by atoms with van der Waals surface area (Å²) in [5.41, 5.74) is 2.87. The van der Waals surface area contributed by atoms with Crippen LogP contribution in [0.4, 0.5) is 23.1 Å². The van der Waals surface area contributed by atoms with Crippen LogP contribution in [0.15, 0.2) is 55.0 Å². The van der Waals surface area contributed by atoms with Crippen LogP contribution in [-0.2, 0) is 0 Å². The first-order valence-electron chi connectivity index (χ1n) is 10.3. The van der Waals surface area contributed by atoms with Crippen molar-refractivity contribution in [2.75, 3.05) is 55.4 Å². The third-order valence-electron chi connectivity index (χ3n) is 5.32. The number of benzene rings is 1. The van der Waals surface area contributed by atoms with E-state index < -0.39 is 0 Å². The lowest BCUT2D eigenvalue weighted by molar-refractivity contribution is 0.0746. The van der Waals surface area contributed by atoms with Gasteiger partial charge in [-0.1, -0.05) is 6.07 Å². The summed E-state index contributed by atoms with van der Waals surface area (Å²) in [6.07, 6.45) is 3.32. The Morgan fingerprint density at radius 2 is 1.74 bits per heavy atom. The predicted octanol–water partition coefficient (Wildman–Crippen LogP) is 2.95. The van der Waals surface area contributed by atoms with Crippen molar-refractivity contribution < 1.29 is 4.79 Å². The molecule has 1 N–H and O–H groups in total. The van der Waals surface area contributed by atoms with Crippen molar-refractivity contribution >= 4 is 29.0 Å². The first kappa shape index (κ1) is 20.6. The average molecular weight is 418 g/mol. The number of aromatic nitrogens is 3. The Labute approximate surface area is 182 Å². The second-order valence-corrected chi connectivity index (χ2v) is 7.83. The highest BCUT2D eigenvalue weighted by Crippen LogP contribution is 2.21. The van der Waals surface area contributed by atoms with E-state index >= 15 is 0 Å². The number of pyridine rings is 1. The van der Waals surface area contributed by atoms with E-state index in [4.69, 9.17) is 0 Å². The van der Waals surface area contributed by atoms with E-state index in [-0.39, 0.29) is 5.91 Å². The monoisotopic (exact) mass is 417 g/mol. The number of piperazine rings is 1. The van der Waals surface area contributed by atoms with Crippen molar-refractivity contribution in [1.29, 1.82) is 0 Å². The number of hydrogen-bond acceptors (Lipinski definition) is 7. The number of hydrogen-bond donors (Lipinski definition) is 1. The van der Waals surface area contributed by atoms with E-state index in [1.165, 1.54) is 0 Å². The molecule has 8 nitrogen and oxygen atoms in total. The Bertz CT molecular complexity index is 1060. The van der Waals surface area contributed by atoms with Gasteiger partial charge in [0.2, 0.25) is 0 Å². The molecule has 0 aliphatic carbocycles. The van der Waals surface area contributed by atoms with E-state index in [9.17, 15) is 4.79 Å². The smallest absolute Gasteiger partial charge is 0.254 e. The molecule has 8 heteroatoms. The largest absolute Gasteiger partial charge is 0.378 e. The van der Waals surface area contributed by atoms with Gasteiger partial charge in [-0.15, -0.1) is 0 Å². The second kappa shape index (κ2) is 8.99. The molecule has 160 valence electrons. The van der Waals surface area contributed by atoms with Gasteiger partial charge >= 0.3 is 0 Å². The van der Waals surface area contributed by atoms with E-state index in [1.807, 2.05) is 73.3 Å². The minimum Gasteiger partial charge on any atom is -0.378 e. The van der Waals surface area contributed by atoms with Gasteiger partial charge < -0.3 is 20.0 Å². The SMILES string of the molecule is Cc1ccnc(Nc2cc(N3CCN(C(=O)c4cccc(N(C)C)c4)CC3)ncn2)c1. The molecule has 1 saturated heterocycles. The van der Waals surface area contributed by atoms with Crippen LogP contribution in [0.3, 0.4) is 0 Å². The van der Waals surface area contributed by atoms with Crippen molar-refractivity contribution in [3.05, 3.63) is 66.1 Å². The molecule has 1 aromatic carbocycles. The zero-order chi connectivity index (χ0) is 21.8.